The monoisotopic (exact) mass is 360 g/mol. The van der Waals surface area contributed by atoms with Crippen LogP contribution in [0, 0.1) is 0 Å². The number of hydrogen-bond donors (Lipinski definition) is 8. The first-order valence-electron chi connectivity index (χ1n) is 6.46. The first-order chi connectivity index (χ1) is 11.3. The molecule has 0 aromatic heterocycles. The average molecular weight is 360 g/mol. The molecule has 8 N–H and O–H groups in total. The van der Waals surface area contributed by atoms with E-state index in [9.17, 15) is 39.6 Å². The summed E-state index contributed by atoms with van der Waals surface area (Å²) >= 11 is 0. The maximum atomic E-state index is 11.4. The quantitative estimate of drug-likeness (QED) is 0.192. The van der Waals surface area contributed by atoms with Gasteiger partial charge in [-0.25, -0.2) is 19.2 Å². The molecule has 0 saturated heterocycles. The first kappa shape index (κ1) is 20.3. The Morgan fingerprint density at radius 1 is 0.840 bits per heavy atom. The molecular weight excluding hydrogens is 347 g/mol. The molecule has 0 radical (unpaired) electrons. The Morgan fingerprint density at radius 2 is 1.24 bits per heavy atom. The summed E-state index contributed by atoms with van der Waals surface area (Å²) in [5, 5.41) is 75.3. The molecule has 4 atom stereocenters. The zero-order valence-corrected chi connectivity index (χ0v) is 12.2. The lowest BCUT2D eigenvalue weighted by atomic mass is 9.61. The highest BCUT2D eigenvalue weighted by Crippen LogP contribution is 2.36. The highest BCUT2D eigenvalue weighted by Gasteiger charge is 2.58. The van der Waals surface area contributed by atoms with Crippen LogP contribution in [-0.4, -0.2) is 95.4 Å². The van der Waals surface area contributed by atoms with Crippen LogP contribution in [0.15, 0.2) is 23.1 Å². The smallest absolute Gasteiger partial charge is 0.343 e. The van der Waals surface area contributed by atoms with E-state index in [4.69, 9.17) is 20.4 Å². The molecule has 0 saturated carbocycles. The van der Waals surface area contributed by atoms with Gasteiger partial charge in [-0.2, -0.15) is 0 Å². The molecule has 1 aliphatic heterocycles. The molecule has 0 amide bonds. The molecule has 25 heavy (non-hydrogen) atoms. The van der Waals surface area contributed by atoms with Gasteiger partial charge in [0.25, 0.3) is 0 Å². The zero-order valence-electron chi connectivity index (χ0n) is 12.2. The van der Waals surface area contributed by atoms with Gasteiger partial charge in [-0.1, -0.05) is 6.08 Å². The maximum Gasteiger partial charge on any atom is 0.343 e. The number of carboxylic acid groups (broad SMARTS) is 4. The number of aliphatic hydroxyl groups is 4. The average Bonchev–Trinajstić information content (AvgIpc) is 3.01. The Labute approximate surface area is 138 Å². The van der Waals surface area contributed by atoms with Crippen LogP contribution in [0.25, 0.3) is 0 Å². The Balaban J connectivity index is 3.76. The van der Waals surface area contributed by atoms with Crippen molar-refractivity contribution in [2.75, 3.05) is 0 Å². The van der Waals surface area contributed by atoms with Gasteiger partial charge >= 0.3 is 23.9 Å². The second-order valence-electron chi connectivity index (χ2n) is 5.12. The minimum atomic E-state index is -3.62. The van der Waals surface area contributed by atoms with E-state index in [2.05, 4.69) is 0 Å². The predicted octanol–water partition coefficient (Wildman–Crippen LogP) is -4.27. The van der Waals surface area contributed by atoms with Crippen LogP contribution < -0.4 is 0 Å². The molecule has 13 heteroatoms. The van der Waals surface area contributed by atoms with Crippen LogP contribution in [-0.2, 0) is 19.2 Å². The van der Waals surface area contributed by atoms with E-state index >= 15 is 0 Å². The summed E-state index contributed by atoms with van der Waals surface area (Å²) < 4.78 is 0. The summed E-state index contributed by atoms with van der Waals surface area (Å²) in [6, 6.07) is 0. The van der Waals surface area contributed by atoms with E-state index in [0.717, 1.165) is 5.98 Å². The normalized spacial score (nSPS) is 20.8. The second-order valence-corrected chi connectivity index (χ2v) is 5.12. The van der Waals surface area contributed by atoms with Gasteiger partial charge < -0.3 is 40.9 Å². The SMILES string of the molecule is O=C(O)C(O)C(O)(C(=O)O)C1=C(C(O)(C(=O)O)C(O)C(=O)O)C=CB1. The van der Waals surface area contributed by atoms with Crippen LogP contribution in [0.2, 0.25) is 0 Å². The standard InChI is InChI=1S/C12H13BO12/c14-5(7(16)17)11(24,9(20)21)3-1-2-13-4(3)12(25,10(22)23)6(15)8(18)19/h1-2,5-6,13-15,24-25H,(H,16,17)(H,18,19)(H,20,21)(H,22,23). The van der Waals surface area contributed by atoms with Crippen molar-refractivity contribution in [2.24, 2.45) is 0 Å². The molecule has 4 unspecified atom stereocenters. The number of hydrogen-bond acceptors (Lipinski definition) is 8. The summed E-state index contributed by atoms with van der Waals surface area (Å²) in [5.74, 6) is -7.98. The number of aliphatic carboxylic acids is 4. The summed E-state index contributed by atoms with van der Waals surface area (Å²) in [4.78, 5) is 44.5. The number of carboxylic acids is 4. The van der Waals surface area contributed by atoms with Crippen molar-refractivity contribution in [3.63, 3.8) is 0 Å². The highest BCUT2D eigenvalue weighted by atomic mass is 16.5. The molecule has 0 fully saturated rings. The molecular formula is C12H13BO12. The van der Waals surface area contributed by atoms with Crippen molar-refractivity contribution < 1.29 is 60.0 Å². The van der Waals surface area contributed by atoms with Crippen LogP contribution in [0.1, 0.15) is 0 Å². The number of carbonyl (C=O) groups is 4. The van der Waals surface area contributed by atoms with Gasteiger partial charge in [0.2, 0.25) is 11.2 Å². The third kappa shape index (κ3) is 3.00. The molecule has 12 nitrogen and oxygen atoms in total. The molecule has 1 heterocycles. The Morgan fingerprint density at radius 3 is 1.60 bits per heavy atom. The lowest BCUT2D eigenvalue weighted by molar-refractivity contribution is -0.179. The van der Waals surface area contributed by atoms with Crippen LogP contribution in [0.3, 0.4) is 0 Å². The Hall–Kier alpha value is -2.74. The van der Waals surface area contributed by atoms with Crippen LogP contribution >= 0.6 is 0 Å². The lowest BCUT2D eigenvalue weighted by Crippen LogP contribution is -2.59. The lowest BCUT2D eigenvalue weighted by Gasteiger charge is -2.33. The Bertz CT molecular complexity index is 696. The van der Waals surface area contributed by atoms with Gasteiger partial charge in [0.1, 0.15) is 0 Å². The van der Waals surface area contributed by atoms with Crippen LogP contribution in [0.5, 0.6) is 0 Å². The summed E-state index contributed by atoms with van der Waals surface area (Å²) in [5.41, 5.74) is -9.28. The topological polar surface area (TPSA) is 230 Å². The zero-order chi connectivity index (χ0) is 19.7. The molecule has 0 bridgehead atoms. The van der Waals surface area contributed by atoms with E-state index in [1.54, 1.807) is 0 Å². The summed E-state index contributed by atoms with van der Waals surface area (Å²) in [7, 11) is -0.635. The highest BCUT2D eigenvalue weighted by molar-refractivity contribution is 6.55. The number of rotatable bonds is 8. The van der Waals surface area contributed by atoms with Crippen molar-refractivity contribution in [3.05, 3.63) is 23.1 Å². The molecule has 0 aliphatic carbocycles. The third-order valence-electron chi connectivity index (χ3n) is 3.71. The van der Waals surface area contributed by atoms with Gasteiger partial charge in [-0.3, -0.25) is 0 Å². The van der Waals surface area contributed by atoms with Gasteiger partial charge in [-0.15, -0.1) is 5.98 Å². The molecule has 0 aromatic rings. The van der Waals surface area contributed by atoms with Crippen molar-refractivity contribution >= 4 is 31.2 Å². The van der Waals surface area contributed by atoms with Gasteiger partial charge in [-0.05, 0) is 11.0 Å². The van der Waals surface area contributed by atoms with Gasteiger partial charge in [0, 0.05) is 0 Å². The summed E-state index contributed by atoms with van der Waals surface area (Å²) in [6.45, 7) is 0. The first-order valence-corrected chi connectivity index (χ1v) is 6.46. The van der Waals surface area contributed by atoms with Crippen molar-refractivity contribution in [1.82, 2.24) is 0 Å². The fraction of sp³-hybridized carbons (Fsp3) is 0.333. The van der Waals surface area contributed by atoms with Crippen molar-refractivity contribution in [2.45, 2.75) is 23.4 Å². The largest absolute Gasteiger partial charge is 0.479 e. The molecule has 0 aromatic carbocycles. The fourth-order valence-electron chi connectivity index (χ4n) is 2.37. The second kappa shape index (κ2) is 6.64. The summed E-state index contributed by atoms with van der Waals surface area (Å²) in [6.07, 6.45) is -5.26. The predicted molar refractivity (Wildman–Crippen MR) is 75.8 cm³/mol. The maximum absolute atomic E-state index is 11.4. The van der Waals surface area contributed by atoms with E-state index in [1.807, 2.05) is 0 Å². The van der Waals surface area contributed by atoms with E-state index in [0.29, 0.717) is 6.08 Å². The van der Waals surface area contributed by atoms with Gasteiger partial charge in [0.15, 0.2) is 19.5 Å². The minimum Gasteiger partial charge on any atom is -0.479 e. The molecule has 1 aliphatic rings. The van der Waals surface area contributed by atoms with E-state index in [1.165, 1.54) is 0 Å². The molecule has 1 rings (SSSR count). The van der Waals surface area contributed by atoms with Crippen molar-refractivity contribution in [1.29, 1.82) is 0 Å². The minimum absolute atomic E-state index is 0.635. The van der Waals surface area contributed by atoms with E-state index in [-0.39, 0.29) is 0 Å². The third-order valence-corrected chi connectivity index (χ3v) is 3.71. The Kier molecular flexibility index (Phi) is 5.39. The number of aliphatic hydroxyl groups excluding tert-OH is 2. The molecule has 0 spiro atoms. The van der Waals surface area contributed by atoms with Crippen molar-refractivity contribution in [3.8, 4) is 0 Å². The fourth-order valence-corrected chi connectivity index (χ4v) is 2.37. The van der Waals surface area contributed by atoms with Crippen LogP contribution in [0.4, 0.5) is 0 Å². The van der Waals surface area contributed by atoms with E-state index < -0.39 is 65.6 Å². The van der Waals surface area contributed by atoms with Gasteiger partial charge in [0.05, 0.1) is 0 Å². The molecule has 136 valence electrons.